The summed E-state index contributed by atoms with van der Waals surface area (Å²) in [6.07, 6.45) is -3.34. The summed E-state index contributed by atoms with van der Waals surface area (Å²) in [6.45, 7) is 3.47. The molecule has 2 amide bonds. The van der Waals surface area contributed by atoms with E-state index in [1.807, 2.05) is 19.9 Å². The van der Waals surface area contributed by atoms with E-state index in [9.17, 15) is 22.8 Å². The normalized spacial score (nSPS) is 15.4. The van der Waals surface area contributed by atoms with Crippen LogP contribution in [0.25, 0.3) is 0 Å². The third-order valence-electron chi connectivity index (χ3n) is 6.18. The van der Waals surface area contributed by atoms with Crippen LogP contribution in [0.5, 0.6) is 0 Å². The molecule has 1 atom stereocenters. The van der Waals surface area contributed by atoms with Gasteiger partial charge in [0.25, 0.3) is 5.91 Å². The fourth-order valence-electron chi connectivity index (χ4n) is 4.61. The van der Waals surface area contributed by atoms with E-state index in [0.717, 1.165) is 23.3 Å². The first kappa shape index (κ1) is 25.8. The molecule has 0 bridgehead atoms. The fourth-order valence-corrected chi connectivity index (χ4v) is 4.61. The van der Waals surface area contributed by atoms with Crippen molar-refractivity contribution in [1.82, 2.24) is 25.6 Å². The number of fused-ring (bicyclic) bond motifs is 1. The number of aryl methyl sites for hydroxylation is 2. The number of carbonyl (C=O) groups excluding carboxylic acids is 2. The summed E-state index contributed by atoms with van der Waals surface area (Å²) in [5.41, 5.74) is 4.84. The Kier molecular flexibility index (Phi) is 6.69. The Balaban J connectivity index is 1.63. The Labute approximate surface area is 220 Å². The lowest BCUT2D eigenvalue weighted by Crippen LogP contribution is -2.31. The van der Waals surface area contributed by atoms with Crippen LogP contribution in [0.1, 0.15) is 33.7 Å². The van der Waals surface area contributed by atoms with Crippen LogP contribution in [0.15, 0.2) is 78.2 Å². The van der Waals surface area contributed by atoms with Gasteiger partial charge in [0.1, 0.15) is 18.8 Å². The third-order valence-corrected chi connectivity index (χ3v) is 6.18. The number of carbonyl (C=O) groups is 2. The first-order valence-corrected chi connectivity index (χ1v) is 11.9. The molecular formula is C27H22F3N7O2. The minimum Gasteiger partial charge on any atom is -0.280 e. The molecule has 1 aliphatic heterocycles. The van der Waals surface area contributed by atoms with Gasteiger partial charge in [0.05, 0.1) is 17.0 Å². The SMILES string of the molecule is Cc1cc(C)cc(N2C(=O)C(/C(=N\NC(=O)Cn3cnnn3)c3ccccc3)c3ccc(C(F)(F)F)cc32)c1. The molecule has 1 aliphatic rings. The lowest BCUT2D eigenvalue weighted by molar-refractivity contribution is -0.137. The van der Waals surface area contributed by atoms with Crippen LogP contribution in [0, 0.1) is 13.8 Å². The number of hydrazone groups is 1. The number of alkyl halides is 3. The predicted molar refractivity (Wildman–Crippen MR) is 136 cm³/mol. The number of nitrogens with zero attached hydrogens (tertiary/aromatic N) is 6. The number of amides is 2. The predicted octanol–water partition coefficient (Wildman–Crippen LogP) is 4.29. The van der Waals surface area contributed by atoms with E-state index in [1.165, 1.54) is 22.0 Å². The van der Waals surface area contributed by atoms with E-state index in [1.54, 1.807) is 42.5 Å². The van der Waals surface area contributed by atoms with Gasteiger partial charge in [-0.3, -0.25) is 14.5 Å². The highest BCUT2D eigenvalue weighted by atomic mass is 19.4. The molecule has 0 aliphatic carbocycles. The van der Waals surface area contributed by atoms with Crippen LogP contribution < -0.4 is 10.3 Å². The molecule has 1 unspecified atom stereocenters. The zero-order chi connectivity index (χ0) is 27.7. The van der Waals surface area contributed by atoms with Crippen LogP contribution in [0.4, 0.5) is 24.5 Å². The Bertz CT molecular complexity index is 1550. The van der Waals surface area contributed by atoms with Gasteiger partial charge >= 0.3 is 6.18 Å². The van der Waals surface area contributed by atoms with Crippen LogP contribution in [0.3, 0.4) is 0 Å². The van der Waals surface area contributed by atoms with Crippen molar-refractivity contribution in [3.05, 3.63) is 101 Å². The van der Waals surface area contributed by atoms with Gasteiger partial charge in [-0.1, -0.05) is 42.5 Å². The molecule has 2 heterocycles. The molecule has 198 valence electrons. The number of hydrogen-bond acceptors (Lipinski definition) is 6. The number of rotatable bonds is 6. The average molecular weight is 534 g/mol. The number of anilines is 2. The van der Waals surface area contributed by atoms with Crippen molar-refractivity contribution in [2.75, 3.05) is 4.90 Å². The van der Waals surface area contributed by atoms with Crippen molar-refractivity contribution in [2.24, 2.45) is 5.10 Å². The van der Waals surface area contributed by atoms with Gasteiger partial charge in [0, 0.05) is 5.69 Å². The van der Waals surface area contributed by atoms with Crippen LogP contribution >= 0.6 is 0 Å². The maximum atomic E-state index is 14.1. The van der Waals surface area contributed by atoms with Crippen molar-refractivity contribution >= 4 is 28.9 Å². The van der Waals surface area contributed by atoms with Crippen molar-refractivity contribution < 1.29 is 22.8 Å². The van der Waals surface area contributed by atoms with E-state index >= 15 is 0 Å². The summed E-state index contributed by atoms with van der Waals surface area (Å²) in [6, 6.07) is 17.3. The van der Waals surface area contributed by atoms with Crippen molar-refractivity contribution in [2.45, 2.75) is 32.5 Å². The highest BCUT2D eigenvalue weighted by Gasteiger charge is 2.44. The summed E-state index contributed by atoms with van der Waals surface area (Å²) < 4.78 is 42.3. The Morgan fingerprint density at radius 3 is 2.38 bits per heavy atom. The molecule has 5 rings (SSSR count). The second-order valence-corrected chi connectivity index (χ2v) is 9.13. The second kappa shape index (κ2) is 10.1. The van der Waals surface area contributed by atoms with E-state index in [4.69, 9.17) is 0 Å². The summed E-state index contributed by atoms with van der Waals surface area (Å²) >= 11 is 0. The van der Waals surface area contributed by atoms with Crippen LogP contribution in [-0.4, -0.2) is 37.7 Å². The highest BCUT2D eigenvalue weighted by molar-refractivity contribution is 6.26. The van der Waals surface area contributed by atoms with Gasteiger partial charge in [-0.05, 0) is 70.8 Å². The number of aromatic nitrogens is 4. The zero-order valence-corrected chi connectivity index (χ0v) is 20.8. The van der Waals surface area contributed by atoms with E-state index in [-0.39, 0.29) is 17.9 Å². The van der Waals surface area contributed by atoms with E-state index in [0.29, 0.717) is 16.8 Å². The summed E-state index contributed by atoms with van der Waals surface area (Å²) in [5, 5.41) is 14.9. The number of tetrazole rings is 1. The van der Waals surface area contributed by atoms with Crippen molar-refractivity contribution in [1.29, 1.82) is 0 Å². The number of benzene rings is 3. The lowest BCUT2D eigenvalue weighted by atomic mass is 9.90. The topological polar surface area (TPSA) is 105 Å². The molecule has 0 saturated carbocycles. The fraction of sp³-hybridized carbons (Fsp3) is 0.185. The van der Waals surface area contributed by atoms with E-state index < -0.39 is 29.5 Å². The van der Waals surface area contributed by atoms with Gasteiger partial charge in [0.15, 0.2) is 0 Å². The number of hydrogen-bond donors (Lipinski definition) is 1. The van der Waals surface area contributed by atoms with E-state index in [2.05, 4.69) is 26.1 Å². The Hall–Kier alpha value is -4.87. The molecule has 39 heavy (non-hydrogen) atoms. The maximum absolute atomic E-state index is 14.1. The maximum Gasteiger partial charge on any atom is 0.416 e. The quantitative estimate of drug-likeness (QED) is 0.294. The largest absolute Gasteiger partial charge is 0.416 e. The monoisotopic (exact) mass is 533 g/mol. The van der Waals surface area contributed by atoms with Crippen LogP contribution in [0.2, 0.25) is 0 Å². The Morgan fingerprint density at radius 1 is 1.03 bits per heavy atom. The molecule has 3 aromatic carbocycles. The molecule has 4 aromatic rings. The Morgan fingerprint density at radius 2 is 1.74 bits per heavy atom. The third kappa shape index (κ3) is 5.26. The first-order valence-electron chi connectivity index (χ1n) is 11.9. The van der Waals surface area contributed by atoms with Gasteiger partial charge in [-0.15, -0.1) is 5.10 Å². The second-order valence-electron chi connectivity index (χ2n) is 9.13. The molecule has 1 aromatic heterocycles. The smallest absolute Gasteiger partial charge is 0.280 e. The molecule has 0 saturated heterocycles. The number of halogens is 3. The standard InChI is InChI=1S/C27H22F3N7O2/c1-16-10-17(2)12-20(11-16)37-22-13-19(27(28,29)30)8-9-21(22)24(26(37)39)25(18-6-4-3-5-7-18)33-32-23(38)14-36-15-31-34-35-36/h3-13,15,24H,14H2,1-2H3,(H,32,38)/b33-25-. The average Bonchev–Trinajstić information content (AvgIpc) is 3.49. The summed E-state index contributed by atoms with van der Waals surface area (Å²) in [4.78, 5) is 27.9. The minimum atomic E-state index is -4.61. The summed E-state index contributed by atoms with van der Waals surface area (Å²) in [5.74, 6) is -2.13. The van der Waals surface area contributed by atoms with Gasteiger partial charge in [-0.2, -0.15) is 18.3 Å². The molecule has 0 radical (unpaired) electrons. The molecule has 9 nitrogen and oxygen atoms in total. The first-order chi connectivity index (χ1) is 18.6. The molecule has 0 fully saturated rings. The number of nitrogens with one attached hydrogen (secondary N) is 1. The molecule has 12 heteroatoms. The van der Waals surface area contributed by atoms with Crippen molar-refractivity contribution in [3.63, 3.8) is 0 Å². The van der Waals surface area contributed by atoms with Crippen molar-refractivity contribution in [3.8, 4) is 0 Å². The lowest BCUT2D eigenvalue weighted by Gasteiger charge is -2.20. The summed E-state index contributed by atoms with van der Waals surface area (Å²) in [7, 11) is 0. The van der Waals surface area contributed by atoms with Gasteiger partial charge < -0.3 is 0 Å². The van der Waals surface area contributed by atoms with Crippen LogP contribution in [-0.2, 0) is 22.3 Å². The van der Waals surface area contributed by atoms with Gasteiger partial charge in [-0.25, -0.2) is 10.1 Å². The minimum absolute atomic E-state index is 0.105. The highest BCUT2D eigenvalue weighted by Crippen LogP contribution is 2.46. The zero-order valence-electron chi connectivity index (χ0n) is 20.8. The molecular weight excluding hydrogens is 511 g/mol. The molecule has 0 spiro atoms. The van der Waals surface area contributed by atoms with Gasteiger partial charge in [0.2, 0.25) is 5.91 Å². The molecule has 1 N–H and O–H groups in total.